The maximum Gasteiger partial charge on any atom is 0.0537 e. The van der Waals surface area contributed by atoms with Crippen molar-refractivity contribution in [2.75, 3.05) is 6.61 Å². The standard InChI is InChI=1S/C17H14O/c18-9-17-13-8-4-3-7-12(13)14-10-5-1-2-6-11(10)15(17)16(14)17/h1-8,14-16,18H,9H2/t14-,15-,16+,17-/m0/s1. The molecule has 0 spiro atoms. The van der Waals surface area contributed by atoms with Crippen LogP contribution >= 0.6 is 0 Å². The zero-order valence-electron chi connectivity index (χ0n) is 10.0. The molecule has 1 nitrogen and oxygen atoms in total. The Morgan fingerprint density at radius 3 is 2.33 bits per heavy atom. The van der Waals surface area contributed by atoms with Crippen LogP contribution in [0.25, 0.3) is 0 Å². The summed E-state index contributed by atoms with van der Waals surface area (Å²) in [6.45, 7) is 0.296. The average Bonchev–Trinajstić information content (AvgIpc) is 2.87. The van der Waals surface area contributed by atoms with E-state index in [9.17, 15) is 5.11 Å². The fraction of sp³-hybridized carbons (Fsp3) is 0.294. The van der Waals surface area contributed by atoms with Crippen molar-refractivity contribution < 1.29 is 5.11 Å². The number of rotatable bonds is 1. The molecule has 0 saturated heterocycles. The van der Waals surface area contributed by atoms with Gasteiger partial charge in [-0.15, -0.1) is 0 Å². The molecule has 3 aliphatic carbocycles. The maximum absolute atomic E-state index is 9.96. The monoisotopic (exact) mass is 234 g/mol. The lowest BCUT2D eigenvalue weighted by Crippen LogP contribution is -2.16. The molecule has 4 atom stereocenters. The first kappa shape index (κ1) is 9.35. The van der Waals surface area contributed by atoms with Gasteiger partial charge in [-0.1, -0.05) is 48.5 Å². The van der Waals surface area contributed by atoms with Gasteiger partial charge in [0.2, 0.25) is 0 Å². The molecule has 1 saturated carbocycles. The summed E-state index contributed by atoms with van der Waals surface area (Å²) in [7, 11) is 0. The van der Waals surface area contributed by atoms with Gasteiger partial charge >= 0.3 is 0 Å². The van der Waals surface area contributed by atoms with Crippen molar-refractivity contribution in [2.24, 2.45) is 5.92 Å². The highest BCUT2D eigenvalue weighted by atomic mass is 16.3. The molecule has 3 aliphatic rings. The van der Waals surface area contributed by atoms with Crippen molar-refractivity contribution in [2.45, 2.75) is 17.3 Å². The summed E-state index contributed by atoms with van der Waals surface area (Å²) >= 11 is 0. The van der Waals surface area contributed by atoms with Gasteiger partial charge in [0.15, 0.2) is 0 Å². The van der Waals surface area contributed by atoms with Crippen molar-refractivity contribution in [1.82, 2.24) is 0 Å². The smallest absolute Gasteiger partial charge is 0.0537 e. The molecule has 88 valence electrons. The molecule has 1 heteroatoms. The average molecular weight is 234 g/mol. The van der Waals surface area contributed by atoms with Crippen LogP contribution in [0.15, 0.2) is 48.5 Å². The molecule has 18 heavy (non-hydrogen) atoms. The molecular weight excluding hydrogens is 220 g/mol. The summed E-state index contributed by atoms with van der Waals surface area (Å²) in [4.78, 5) is 0. The fourth-order valence-electron chi connectivity index (χ4n) is 4.89. The molecule has 1 fully saturated rings. The van der Waals surface area contributed by atoms with Gasteiger partial charge in [-0.3, -0.25) is 0 Å². The van der Waals surface area contributed by atoms with E-state index < -0.39 is 0 Å². The summed E-state index contributed by atoms with van der Waals surface area (Å²) in [5.41, 5.74) is 5.90. The predicted octanol–water partition coefficient (Wildman–Crippen LogP) is 2.79. The summed E-state index contributed by atoms with van der Waals surface area (Å²) < 4.78 is 0. The van der Waals surface area contributed by atoms with Crippen molar-refractivity contribution in [3.63, 3.8) is 0 Å². The van der Waals surface area contributed by atoms with Crippen molar-refractivity contribution in [3.05, 3.63) is 70.8 Å². The molecule has 0 unspecified atom stereocenters. The molecule has 1 N–H and O–H groups in total. The first-order valence-electron chi connectivity index (χ1n) is 6.68. The largest absolute Gasteiger partial charge is 0.395 e. The minimum absolute atomic E-state index is 0.0512. The van der Waals surface area contributed by atoms with E-state index in [0.29, 0.717) is 24.4 Å². The van der Waals surface area contributed by atoms with Crippen LogP contribution in [0, 0.1) is 5.92 Å². The van der Waals surface area contributed by atoms with E-state index in [-0.39, 0.29) is 5.41 Å². The van der Waals surface area contributed by atoms with Crippen LogP contribution in [0.5, 0.6) is 0 Å². The van der Waals surface area contributed by atoms with Crippen LogP contribution in [0.1, 0.15) is 34.1 Å². The summed E-state index contributed by atoms with van der Waals surface area (Å²) in [6, 6.07) is 17.5. The third-order valence-electron chi connectivity index (χ3n) is 5.48. The topological polar surface area (TPSA) is 20.2 Å². The third kappa shape index (κ3) is 0.733. The molecule has 5 rings (SSSR count). The Kier molecular flexibility index (Phi) is 1.40. The van der Waals surface area contributed by atoms with E-state index in [1.165, 1.54) is 22.3 Å². The first-order valence-corrected chi connectivity index (χ1v) is 6.68. The number of fused-ring (bicyclic) bond motifs is 7. The van der Waals surface area contributed by atoms with E-state index in [0.717, 1.165) is 0 Å². The normalized spacial score (nSPS) is 37.1. The van der Waals surface area contributed by atoms with Crippen LogP contribution in [-0.4, -0.2) is 11.7 Å². The van der Waals surface area contributed by atoms with Crippen LogP contribution in [0.2, 0.25) is 0 Å². The lowest BCUT2D eigenvalue weighted by atomic mass is 9.91. The Balaban J connectivity index is 1.86. The van der Waals surface area contributed by atoms with Crippen molar-refractivity contribution in [1.29, 1.82) is 0 Å². The quantitative estimate of drug-likeness (QED) is 0.804. The van der Waals surface area contributed by atoms with Crippen molar-refractivity contribution >= 4 is 0 Å². The van der Waals surface area contributed by atoms with E-state index in [1.54, 1.807) is 0 Å². The van der Waals surface area contributed by atoms with E-state index in [4.69, 9.17) is 0 Å². The molecule has 2 aromatic carbocycles. The van der Waals surface area contributed by atoms with Gasteiger partial charge in [-0.25, -0.2) is 0 Å². The third-order valence-corrected chi connectivity index (χ3v) is 5.48. The molecule has 0 heterocycles. The SMILES string of the molecule is OC[C@]12c3ccccc3[C@@H]3c4ccccc4[C@H]1[C@@H]32. The number of benzene rings is 2. The molecule has 0 amide bonds. The number of aliphatic hydroxyl groups excluding tert-OH is 1. The van der Waals surface area contributed by atoms with Crippen molar-refractivity contribution in [3.8, 4) is 0 Å². The minimum Gasteiger partial charge on any atom is -0.395 e. The van der Waals surface area contributed by atoms with Gasteiger partial charge in [-0.2, -0.15) is 0 Å². The van der Waals surface area contributed by atoms with Gasteiger partial charge in [0, 0.05) is 17.3 Å². The number of hydrogen-bond donors (Lipinski definition) is 1. The molecule has 2 aromatic rings. The lowest BCUT2D eigenvalue weighted by Gasteiger charge is -2.14. The van der Waals surface area contributed by atoms with E-state index in [1.807, 2.05) is 0 Å². The predicted molar refractivity (Wildman–Crippen MR) is 69.7 cm³/mol. The zero-order valence-corrected chi connectivity index (χ0v) is 10.0. The fourth-order valence-corrected chi connectivity index (χ4v) is 4.89. The second-order valence-corrected chi connectivity index (χ2v) is 5.90. The summed E-state index contributed by atoms with van der Waals surface area (Å²) in [6.07, 6.45) is 0. The highest BCUT2D eigenvalue weighted by molar-refractivity contribution is 5.67. The Hall–Kier alpha value is -1.60. The highest BCUT2D eigenvalue weighted by Crippen LogP contribution is 2.80. The highest BCUT2D eigenvalue weighted by Gasteiger charge is 2.76. The molecule has 0 aromatic heterocycles. The second-order valence-electron chi connectivity index (χ2n) is 5.90. The lowest BCUT2D eigenvalue weighted by molar-refractivity contribution is 0.245. The van der Waals surface area contributed by atoms with Crippen LogP contribution in [-0.2, 0) is 5.41 Å². The number of aliphatic hydroxyl groups is 1. The molecule has 0 radical (unpaired) electrons. The number of hydrogen-bond acceptors (Lipinski definition) is 1. The summed E-state index contributed by atoms with van der Waals surface area (Å²) in [5.74, 6) is 1.73. The van der Waals surface area contributed by atoms with Gasteiger partial charge in [0.05, 0.1) is 6.61 Å². The zero-order chi connectivity index (χ0) is 11.9. The summed E-state index contributed by atoms with van der Waals surface area (Å²) in [5, 5.41) is 9.96. The van der Waals surface area contributed by atoms with Crippen LogP contribution in [0.3, 0.4) is 0 Å². The Labute approximate surface area is 106 Å². The first-order chi connectivity index (χ1) is 8.89. The van der Waals surface area contributed by atoms with Gasteiger partial charge in [0.1, 0.15) is 0 Å². The second kappa shape index (κ2) is 2.70. The Morgan fingerprint density at radius 2 is 1.56 bits per heavy atom. The molecule has 0 bridgehead atoms. The van der Waals surface area contributed by atoms with Gasteiger partial charge in [-0.05, 0) is 28.2 Å². The van der Waals surface area contributed by atoms with Crippen LogP contribution in [0.4, 0.5) is 0 Å². The molecular formula is C17H14O. The van der Waals surface area contributed by atoms with Crippen LogP contribution < -0.4 is 0 Å². The van der Waals surface area contributed by atoms with Gasteiger partial charge in [0.25, 0.3) is 0 Å². The Morgan fingerprint density at radius 1 is 0.889 bits per heavy atom. The van der Waals surface area contributed by atoms with E-state index >= 15 is 0 Å². The maximum atomic E-state index is 9.96. The minimum atomic E-state index is 0.0512. The van der Waals surface area contributed by atoms with Gasteiger partial charge < -0.3 is 5.11 Å². The van der Waals surface area contributed by atoms with E-state index in [2.05, 4.69) is 48.5 Å². The Bertz CT molecular complexity index is 675. The molecule has 0 aliphatic heterocycles.